The van der Waals surface area contributed by atoms with Crippen molar-refractivity contribution >= 4 is 10.4 Å². The van der Waals surface area contributed by atoms with E-state index in [-0.39, 0.29) is 0 Å². The van der Waals surface area contributed by atoms with Gasteiger partial charge >= 0.3 is 10.4 Å². The normalized spacial score (nSPS) is 9.78. The molecule has 58 valence electrons. The van der Waals surface area contributed by atoms with Crippen LogP contribution in [-0.4, -0.2) is 29.2 Å². The highest BCUT2D eigenvalue weighted by atomic mass is 32.3. The molecule has 0 atom stereocenters. The SMILES string of the molecule is CCCO.O=S(=O)(O)O. The maximum Gasteiger partial charge on any atom is 0.394 e. The third kappa shape index (κ3) is 386. The molecule has 0 aliphatic carbocycles. The Morgan fingerprint density at radius 3 is 1.44 bits per heavy atom. The lowest BCUT2D eigenvalue weighted by atomic mass is 10.5. The summed E-state index contributed by atoms with van der Waals surface area (Å²) in [7, 11) is -4.67. The Morgan fingerprint density at radius 2 is 1.44 bits per heavy atom. The predicted octanol–water partition coefficient (Wildman–Crippen LogP) is -0.264. The van der Waals surface area contributed by atoms with Gasteiger partial charge in [0.25, 0.3) is 0 Å². The predicted molar refractivity (Wildman–Crippen MR) is 31.6 cm³/mol. The molecule has 0 bridgehead atoms. The number of rotatable bonds is 1. The molecule has 5 nitrogen and oxygen atoms in total. The Labute approximate surface area is 53.9 Å². The molecule has 0 unspecified atom stereocenters. The lowest BCUT2D eigenvalue weighted by Crippen LogP contribution is -1.89. The zero-order chi connectivity index (χ0) is 7.91. The van der Waals surface area contributed by atoms with Crippen molar-refractivity contribution in [1.82, 2.24) is 0 Å². The van der Waals surface area contributed by atoms with Crippen LogP contribution in [0.5, 0.6) is 0 Å². The largest absolute Gasteiger partial charge is 0.396 e. The van der Waals surface area contributed by atoms with Crippen LogP contribution in [0.3, 0.4) is 0 Å². The van der Waals surface area contributed by atoms with Crippen LogP contribution in [0.25, 0.3) is 0 Å². The quantitative estimate of drug-likeness (QED) is 0.457. The Kier molecular flexibility index (Phi) is 7.68. The van der Waals surface area contributed by atoms with Crippen molar-refractivity contribution in [2.75, 3.05) is 6.61 Å². The molecule has 0 aromatic heterocycles. The monoisotopic (exact) mass is 158 g/mol. The van der Waals surface area contributed by atoms with Crippen LogP contribution in [0.4, 0.5) is 0 Å². The lowest BCUT2D eigenvalue weighted by molar-refractivity contribution is 0.295. The summed E-state index contributed by atoms with van der Waals surface area (Å²) in [5.41, 5.74) is 0. The minimum Gasteiger partial charge on any atom is -0.396 e. The van der Waals surface area contributed by atoms with Crippen molar-refractivity contribution in [3.8, 4) is 0 Å². The van der Waals surface area contributed by atoms with Crippen molar-refractivity contribution in [2.24, 2.45) is 0 Å². The molecule has 3 N–H and O–H groups in total. The van der Waals surface area contributed by atoms with E-state index in [4.69, 9.17) is 22.6 Å². The van der Waals surface area contributed by atoms with E-state index < -0.39 is 10.4 Å². The van der Waals surface area contributed by atoms with Crippen molar-refractivity contribution < 1.29 is 22.6 Å². The van der Waals surface area contributed by atoms with Gasteiger partial charge in [-0.25, -0.2) is 0 Å². The Hall–Kier alpha value is -0.170. The molecule has 0 aromatic carbocycles. The maximum atomic E-state index is 8.74. The second-order valence-electron chi connectivity index (χ2n) is 1.17. The molecule has 9 heavy (non-hydrogen) atoms. The van der Waals surface area contributed by atoms with Gasteiger partial charge in [0.1, 0.15) is 0 Å². The highest BCUT2D eigenvalue weighted by Crippen LogP contribution is 1.61. The summed E-state index contributed by atoms with van der Waals surface area (Å²) in [5.74, 6) is 0. The van der Waals surface area contributed by atoms with Crippen LogP contribution in [0, 0.1) is 0 Å². The van der Waals surface area contributed by atoms with E-state index in [1.165, 1.54) is 0 Å². The van der Waals surface area contributed by atoms with E-state index in [9.17, 15) is 0 Å². The average molecular weight is 158 g/mol. The van der Waals surface area contributed by atoms with Gasteiger partial charge in [-0.3, -0.25) is 9.11 Å². The molecule has 0 aliphatic heterocycles. The minimum atomic E-state index is -4.67. The zero-order valence-corrected chi connectivity index (χ0v) is 5.80. The van der Waals surface area contributed by atoms with Gasteiger partial charge < -0.3 is 5.11 Å². The van der Waals surface area contributed by atoms with Gasteiger partial charge in [0.15, 0.2) is 0 Å². The average Bonchev–Trinajstić information content (AvgIpc) is 1.61. The van der Waals surface area contributed by atoms with Gasteiger partial charge in [-0.15, -0.1) is 0 Å². The van der Waals surface area contributed by atoms with Gasteiger partial charge in [0, 0.05) is 6.61 Å². The van der Waals surface area contributed by atoms with E-state index in [1.807, 2.05) is 6.92 Å². The molecule has 6 heteroatoms. The maximum absolute atomic E-state index is 8.74. The second-order valence-corrected chi connectivity index (χ2v) is 2.07. The molecule has 0 rings (SSSR count). The molecular weight excluding hydrogens is 148 g/mol. The number of aliphatic hydroxyl groups excluding tert-OH is 1. The fourth-order valence-electron chi connectivity index (χ4n) is 0. The molecule has 0 aromatic rings. The van der Waals surface area contributed by atoms with Crippen LogP contribution in [-0.2, 0) is 10.4 Å². The molecule has 0 spiro atoms. The molecule has 0 heterocycles. The van der Waals surface area contributed by atoms with Gasteiger partial charge in [0.05, 0.1) is 0 Å². The van der Waals surface area contributed by atoms with Gasteiger partial charge in [-0.2, -0.15) is 8.42 Å². The summed E-state index contributed by atoms with van der Waals surface area (Å²) in [6.07, 6.45) is 0.875. The van der Waals surface area contributed by atoms with E-state index >= 15 is 0 Å². The Balaban J connectivity index is 0. The van der Waals surface area contributed by atoms with Crippen LogP contribution in [0.2, 0.25) is 0 Å². The number of hydrogen-bond acceptors (Lipinski definition) is 3. The molecule has 0 radical (unpaired) electrons. The van der Waals surface area contributed by atoms with Crippen molar-refractivity contribution in [2.45, 2.75) is 13.3 Å². The third-order valence-corrected chi connectivity index (χ3v) is 0.224. The highest BCUT2D eigenvalue weighted by Gasteiger charge is 1.84. The fraction of sp³-hybridized carbons (Fsp3) is 1.00. The molecule has 0 saturated carbocycles. The smallest absolute Gasteiger partial charge is 0.394 e. The molecule has 0 aliphatic rings. The standard InChI is InChI=1S/C3H8O.H2O4S/c1-2-3-4;1-5(2,3)4/h4H,2-3H2,1H3;(H2,1,2,3,4). The summed E-state index contributed by atoms with van der Waals surface area (Å²) in [5, 5.41) is 7.88. The van der Waals surface area contributed by atoms with Gasteiger partial charge in [-0.05, 0) is 6.42 Å². The van der Waals surface area contributed by atoms with Gasteiger partial charge in [0.2, 0.25) is 0 Å². The Morgan fingerprint density at radius 1 is 1.33 bits per heavy atom. The van der Waals surface area contributed by atoms with E-state index in [2.05, 4.69) is 0 Å². The van der Waals surface area contributed by atoms with Crippen LogP contribution < -0.4 is 0 Å². The third-order valence-electron chi connectivity index (χ3n) is 0.224. The first kappa shape index (κ1) is 11.6. The molecule has 0 amide bonds. The summed E-state index contributed by atoms with van der Waals surface area (Å²) in [4.78, 5) is 0. The van der Waals surface area contributed by atoms with Crippen molar-refractivity contribution in [1.29, 1.82) is 0 Å². The van der Waals surface area contributed by atoms with E-state index in [0.717, 1.165) is 6.42 Å². The first-order chi connectivity index (χ1) is 3.91. The molecule has 0 saturated heterocycles. The Bertz CT molecular complexity index is 115. The lowest BCUT2D eigenvalue weighted by Gasteiger charge is -1.69. The number of aliphatic hydroxyl groups is 1. The summed E-state index contributed by atoms with van der Waals surface area (Å²) in [6.45, 7) is 2.25. The van der Waals surface area contributed by atoms with Crippen LogP contribution in [0.1, 0.15) is 13.3 Å². The number of hydrogen-bond donors (Lipinski definition) is 3. The second kappa shape index (κ2) is 5.96. The highest BCUT2D eigenvalue weighted by molar-refractivity contribution is 7.79. The van der Waals surface area contributed by atoms with Crippen LogP contribution in [0.15, 0.2) is 0 Å². The van der Waals surface area contributed by atoms with Crippen LogP contribution >= 0.6 is 0 Å². The summed E-state index contributed by atoms with van der Waals surface area (Å²) in [6, 6.07) is 0. The van der Waals surface area contributed by atoms with E-state index in [0.29, 0.717) is 6.61 Å². The first-order valence-corrected chi connectivity index (χ1v) is 3.62. The van der Waals surface area contributed by atoms with Crippen molar-refractivity contribution in [3.05, 3.63) is 0 Å². The summed E-state index contributed by atoms with van der Waals surface area (Å²) < 4.78 is 31.6. The zero-order valence-electron chi connectivity index (χ0n) is 4.98. The molecule has 0 fully saturated rings. The molecular formula is C3H10O5S. The van der Waals surface area contributed by atoms with Gasteiger partial charge in [-0.1, -0.05) is 6.92 Å². The minimum absolute atomic E-state index is 0.319. The van der Waals surface area contributed by atoms with E-state index in [1.54, 1.807) is 0 Å². The topological polar surface area (TPSA) is 94.8 Å². The first-order valence-electron chi connectivity index (χ1n) is 2.22. The fourth-order valence-corrected chi connectivity index (χ4v) is 0. The summed E-state index contributed by atoms with van der Waals surface area (Å²) >= 11 is 0. The van der Waals surface area contributed by atoms with Crippen molar-refractivity contribution in [3.63, 3.8) is 0 Å².